The molecule has 1 amide bonds. The molecule has 0 aromatic heterocycles. The van der Waals surface area contributed by atoms with Crippen LogP contribution in [0.15, 0.2) is 0 Å². The van der Waals surface area contributed by atoms with E-state index < -0.39 is 6.10 Å². The van der Waals surface area contributed by atoms with Crippen LogP contribution in [-0.2, 0) is 4.79 Å². The summed E-state index contributed by atoms with van der Waals surface area (Å²) in [5.41, 5.74) is 5.39. The van der Waals surface area contributed by atoms with Gasteiger partial charge in [-0.3, -0.25) is 4.79 Å². The van der Waals surface area contributed by atoms with Crippen LogP contribution < -0.4 is 5.73 Å². The van der Waals surface area contributed by atoms with Gasteiger partial charge in [0, 0.05) is 0 Å². The van der Waals surface area contributed by atoms with Gasteiger partial charge in [0.1, 0.15) is 0 Å². The van der Waals surface area contributed by atoms with Crippen LogP contribution in [0.1, 0.15) is 51.4 Å². The molecule has 0 aromatic rings. The summed E-state index contributed by atoms with van der Waals surface area (Å²) in [6, 6.07) is 0. The highest BCUT2D eigenvalue weighted by Gasteiger charge is 2.33. The third-order valence-electron chi connectivity index (χ3n) is 4.16. The summed E-state index contributed by atoms with van der Waals surface area (Å²) in [6.45, 7) is 0. The topological polar surface area (TPSA) is 63.3 Å². The first-order valence-corrected chi connectivity index (χ1v) is 6.64. The average Bonchev–Trinajstić information content (AvgIpc) is 2.91. The maximum atomic E-state index is 11.3. The van der Waals surface area contributed by atoms with E-state index in [0.29, 0.717) is 11.8 Å². The Labute approximate surface area is 97.4 Å². The maximum Gasteiger partial charge on any atom is 0.223 e. The number of nitrogens with two attached hydrogens (primary N) is 1. The van der Waals surface area contributed by atoms with Crippen molar-refractivity contribution in [1.29, 1.82) is 0 Å². The lowest BCUT2D eigenvalue weighted by Gasteiger charge is -2.22. The Morgan fingerprint density at radius 3 is 2.19 bits per heavy atom. The molecule has 0 radical (unpaired) electrons. The van der Waals surface area contributed by atoms with E-state index in [0.717, 1.165) is 12.8 Å². The monoisotopic (exact) mass is 225 g/mol. The second-order valence-corrected chi connectivity index (χ2v) is 5.64. The highest BCUT2D eigenvalue weighted by molar-refractivity contribution is 5.77. The first-order chi connectivity index (χ1) is 7.66. The van der Waals surface area contributed by atoms with Gasteiger partial charge in [0.2, 0.25) is 5.91 Å². The first-order valence-electron chi connectivity index (χ1n) is 6.64. The molecule has 0 heterocycles. The fourth-order valence-corrected chi connectivity index (χ4v) is 2.93. The molecule has 3 N–H and O–H groups in total. The molecular weight excluding hydrogens is 202 g/mol. The third kappa shape index (κ3) is 3.21. The number of hydrogen-bond acceptors (Lipinski definition) is 2. The van der Waals surface area contributed by atoms with Gasteiger partial charge in [-0.05, 0) is 24.7 Å². The second-order valence-electron chi connectivity index (χ2n) is 5.64. The molecule has 2 fully saturated rings. The van der Waals surface area contributed by atoms with Gasteiger partial charge < -0.3 is 10.8 Å². The zero-order valence-electron chi connectivity index (χ0n) is 9.90. The average molecular weight is 225 g/mol. The zero-order chi connectivity index (χ0) is 11.5. The van der Waals surface area contributed by atoms with Gasteiger partial charge in [-0.2, -0.15) is 0 Å². The molecule has 92 valence electrons. The number of aliphatic hydroxyl groups excluding tert-OH is 1. The van der Waals surface area contributed by atoms with E-state index in [9.17, 15) is 9.90 Å². The summed E-state index contributed by atoms with van der Waals surface area (Å²) in [4.78, 5) is 11.3. The van der Waals surface area contributed by atoms with Crippen LogP contribution in [0.5, 0.6) is 0 Å². The van der Waals surface area contributed by atoms with Crippen molar-refractivity contribution in [3.05, 3.63) is 0 Å². The van der Waals surface area contributed by atoms with Gasteiger partial charge in [-0.1, -0.05) is 38.5 Å². The minimum Gasteiger partial charge on any atom is -0.392 e. The Kier molecular flexibility index (Phi) is 3.85. The molecule has 0 saturated heterocycles. The van der Waals surface area contributed by atoms with Crippen molar-refractivity contribution >= 4 is 5.91 Å². The molecule has 0 spiro atoms. The van der Waals surface area contributed by atoms with Crippen molar-refractivity contribution in [2.24, 2.45) is 23.5 Å². The molecule has 3 heteroatoms. The summed E-state index contributed by atoms with van der Waals surface area (Å²) in [6.07, 6.45) is 8.49. The predicted octanol–water partition coefficient (Wildman–Crippen LogP) is 1.83. The molecule has 0 aromatic carbocycles. The highest BCUT2D eigenvalue weighted by atomic mass is 16.3. The fourth-order valence-electron chi connectivity index (χ4n) is 2.93. The Balaban J connectivity index is 1.82. The third-order valence-corrected chi connectivity index (χ3v) is 4.16. The van der Waals surface area contributed by atoms with Crippen molar-refractivity contribution < 1.29 is 9.90 Å². The summed E-state index contributed by atoms with van der Waals surface area (Å²) >= 11 is 0. The molecule has 2 atom stereocenters. The molecule has 0 unspecified atom stereocenters. The molecular formula is C13H23NO2. The van der Waals surface area contributed by atoms with E-state index in [1.54, 1.807) is 0 Å². The largest absolute Gasteiger partial charge is 0.392 e. The number of amides is 1. The minimum absolute atomic E-state index is 0.298. The van der Waals surface area contributed by atoms with Crippen LogP contribution in [0.3, 0.4) is 0 Å². The molecule has 16 heavy (non-hydrogen) atoms. The standard InChI is InChI=1S/C13H23NO2/c14-13(16)11(7-10-5-6-10)12(15)8-9-3-1-2-4-9/h9-12,15H,1-8H2,(H2,14,16)/t11-,12-/m0/s1. The van der Waals surface area contributed by atoms with E-state index in [-0.39, 0.29) is 11.8 Å². The fraction of sp³-hybridized carbons (Fsp3) is 0.923. The lowest BCUT2D eigenvalue weighted by molar-refractivity contribution is -0.126. The van der Waals surface area contributed by atoms with E-state index in [2.05, 4.69) is 0 Å². The van der Waals surface area contributed by atoms with Crippen LogP contribution in [-0.4, -0.2) is 17.1 Å². The Hall–Kier alpha value is -0.570. The highest BCUT2D eigenvalue weighted by Crippen LogP contribution is 2.38. The Bertz CT molecular complexity index is 244. The predicted molar refractivity (Wildman–Crippen MR) is 62.6 cm³/mol. The smallest absolute Gasteiger partial charge is 0.223 e. The molecule has 0 bridgehead atoms. The Morgan fingerprint density at radius 1 is 1.12 bits per heavy atom. The van der Waals surface area contributed by atoms with Crippen LogP contribution >= 0.6 is 0 Å². The van der Waals surface area contributed by atoms with Crippen LogP contribution in [0, 0.1) is 17.8 Å². The Morgan fingerprint density at radius 2 is 1.69 bits per heavy atom. The summed E-state index contributed by atoms with van der Waals surface area (Å²) in [7, 11) is 0. The van der Waals surface area contributed by atoms with Gasteiger partial charge in [-0.25, -0.2) is 0 Å². The number of carbonyl (C=O) groups is 1. The van der Waals surface area contributed by atoms with Crippen molar-refractivity contribution in [2.75, 3.05) is 0 Å². The van der Waals surface area contributed by atoms with Gasteiger partial charge in [-0.15, -0.1) is 0 Å². The SMILES string of the molecule is NC(=O)[C@@H](CC1CC1)[C@@H](O)CC1CCCC1. The first kappa shape index (κ1) is 11.9. The number of aliphatic hydroxyl groups is 1. The lowest BCUT2D eigenvalue weighted by Crippen LogP contribution is -2.35. The molecule has 2 aliphatic rings. The lowest BCUT2D eigenvalue weighted by atomic mass is 9.88. The van der Waals surface area contributed by atoms with Crippen molar-refractivity contribution in [2.45, 2.75) is 57.5 Å². The van der Waals surface area contributed by atoms with Crippen LogP contribution in [0.25, 0.3) is 0 Å². The molecule has 2 saturated carbocycles. The van der Waals surface area contributed by atoms with Crippen LogP contribution in [0.2, 0.25) is 0 Å². The van der Waals surface area contributed by atoms with Crippen molar-refractivity contribution in [3.8, 4) is 0 Å². The molecule has 3 nitrogen and oxygen atoms in total. The molecule has 0 aliphatic heterocycles. The van der Waals surface area contributed by atoms with Gasteiger partial charge in [0.05, 0.1) is 12.0 Å². The van der Waals surface area contributed by atoms with Crippen molar-refractivity contribution in [1.82, 2.24) is 0 Å². The van der Waals surface area contributed by atoms with Gasteiger partial charge >= 0.3 is 0 Å². The number of rotatable bonds is 6. The summed E-state index contributed by atoms with van der Waals surface area (Å²) in [5, 5.41) is 10.1. The summed E-state index contributed by atoms with van der Waals surface area (Å²) < 4.78 is 0. The van der Waals surface area contributed by atoms with E-state index in [4.69, 9.17) is 5.73 Å². The quantitative estimate of drug-likeness (QED) is 0.724. The second kappa shape index (κ2) is 5.17. The van der Waals surface area contributed by atoms with Gasteiger partial charge in [0.25, 0.3) is 0 Å². The van der Waals surface area contributed by atoms with Gasteiger partial charge in [0.15, 0.2) is 0 Å². The zero-order valence-corrected chi connectivity index (χ0v) is 9.90. The van der Waals surface area contributed by atoms with E-state index >= 15 is 0 Å². The number of primary amides is 1. The number of carbonyl (C=O) groups excluding carboxylic acids is 1. The number of hydrogen-bond donors (Lipinski definition) is 2. The normalized spacial score (nSPS) is 25.6. The summed E-state index contributed by atoms with van der Waals surface area (Å²) in [5.74, 6) is 0.664. The molecule has 2 rings (SSSR count). The maximum absolute atomic E-state index is 11.3. The van der Waals surface area contributed by atoms with E-state index in [1.165, 1.54) is 38.5 Å². The minimum atomic E-state index is -0.499. The molecule has 2 aliphatic carbocycles. The van der Waals surface area contributed by atoms with Crippen LogP contribution in [0.4, 0.5) is 0 Å². The van der Waals surface area contributed by atoms with E-state index in [1.807, 2.05) is 0 Å². The van der Waals surface area contributed by atoms with Crippen molar-refractivity contribution in [3.63, 3.8) is 0 Å².